The van der Waals surface area contributed by atoms with Crippen molar-refractivity contribution in [2.24, 2.45) is 5.41 Å². The van der Waals surface area contributed by atoms with Gasteiger partial charge in [-0.05, 0) is 23.6 Å². The highest BCUT2D eigenvalue weighted by molar-refractivity contribution is 6.34. The van der Waals surface area contributed by atoms with Gasteiger partial charge in [-0.1, -0.05) is 32.4 Å². The van der Waals surface area contributed by atoms with Gasteiger partial charge in [-0.25, -0.2) is 4.79 Å². The highest BCUT2D eigenvalue weighted by Gasteiger charge is 2.44. The topological polar surface area (TPSA) is 105 Å². The van der Waals surface area contributed by atoms with Crippen LogP contribution in [-0.2, 0) is 14.3 Å². The molecule has 2 rings (SSSR count). The lowest BCUT2D eigenvalue weighted by atomic mass is 9.92. The number of hydrogen-bond acceptors (Lipinski definition) is 4. The number of carbonyl (C=O) groups is 3. The molecule has 26 heavy (non-hydrogen) atoms. The van der Waals surface area contributed by atoms with Gasteiger partial charge in [-0.3, -0.25) is 9.59 Å². The first kappa shape index (κ1) is 20.2. The number of ether oxygens (including phenoxy) is 1. The number of anilines is 1. The Hall–Kier alpha value is -2.12. The molecule has 1 aliphatic heterocycles. The van der Waals surface area contributed by atoms with Gasteiger partial charge in [0.05, 0.1) is 17.2 Å². The second kappa shape index (κ2) is 7.63. The Morgan fingerprint density at radius 1 is 1.31 bits per heavy atom. The van der Waals surface area contributed by atoms with Crippen LogP contribution in [0.25, 0.3) is 0 Å². The molecular weight excluding hydrogens is 360 g/mol. The molecule has 1 saturated heterocycles. The molecule has 1 atom stereocenters. The normalized spacial score (nSPS) is 19.8. The fraction of sp³-hybridized carbons (Fsp3) is 0.500. The minimum Gasteiger partial charge on any atom is -0.479 e. The Balaban J connectivity index is 2.17. The third kappa shape index (κ3) is 4.95. The summed E-state index contributed by atoms with van der Waals surface area (Å²) in [4.78, 5) is 36.2. The second-order valence-corrected chi connectivity index (χ2v) is 8.03. The molecule has 0 radical (unpaired) electrons. The molecule has 2 amide bonds. The molecule has 1 unspecified atom stereocenters. The number of aliphatic carboxylic acids is 1. The summed E-state index contributed by atoms with van der Waals surface area (Å²) in [6.45, 7) is 5.99. The molecule has 142 valence electrons. The summed E-state index contributed by atoms with van der Waals surface area (Å²) in [5.74, 6) is -1.97. The van der Waals surface area contributed by atoms with E-state index in [0.29, 0.717) is 12.1 Å². The number of hydrogen-bond donors (Lipinski definition) is 3. The van der Waals surface area contributed by atoms with Crippen molar-refractivity contribution in [3.8, 4) is 0 Å². The predicted octanol–water partition coefficient (Wildman–Crippen LogP) is 2.69. The number of carbonyl (C=O) groups excluding carboxylic acids is 2. The first-order valence-corrected chi connectivity index (χ1v) is 8.63. The van der Waals surface area contributed by atoms with E-state index in [1.807, 2.05) is 20.8 Å². The van der Waals surface area contributed by atoms with Gasteiger partial charge in [0, 0.05) is 25.1 Å². The predicted molar refractivity (Wildman–Crippen MR) is 97.4 cm³/mol. The van der Waals surface area contributed by atoms with Crippen LogP contribution in [0.15, 0.2) is 18.2 Å². The number of carboxylic acids is 1. The molecule has 0 bridgehead atoms. The van der Waals surface area contributed by atoms with Crippen molar-refractivity contribution >= 4 is 35.1 Å². The van der Waals surface area contributed by atoms with Crippen LogP contribution in [0.3, 0.4) is 0 Å². The highest BCUT2D eigenvalue weighted by atomic mass is 35.5. The number of nitrogens with one attached hydrogen (secondary N) is 2. The van der Waals surface area contributed by atoms with Crippen LogP contribution in [0.5, 0.6) is 0 Å². The SMILES string of the molecule is CC(C)(C)CC(=O)Nc1ccc(Cl)c(C(=O)NC2(C(=O)O)CCOC2)c1. The zero-order chi connectivity index (χ0) is 19.5. The Kier molecular flexibility index (Phi) is 5.93. The molecule has 0 aromatic heterocycles. The maximum Gasteiger partial charge on any atom is 0.331 e. The Morgan fingerprint density at radius 3 is 2.54 bits per heavy atom. The molecule has 1 heterocycles. The molecule has 7 nitrogen and oxygen atoms in total. The molecule has 1 fully saturated rings. The summed E-state index contributed by atoms with van der Waals surface area (Å²) in [6.07, 6.45) is 0.490. The van der Waals surface area contributed by atoms with Crippen molar-refractivity contribution in [1.29, 1.82) is 0 Å². The van der Waals surface area contributed by atoms with Crippen molar-refractivity contribution in [2.75, 3.05) is 18.5 Å². The smallest absolute Gasteiger partial charge is 0.331 e. The summed E-state index contributed by atoms with van der Waals surface area (Å²) >= 11 is 6.09. The van der Waals surface area contributed by atoms with Crippen molar-refractivity contribution in [2.45, 2.75) is 39.2 Å². The maximum atomic E-state index is 12.6. The fourth-order valence-electron chi connectivity index (χ4n) is 2.63. The van der Waals surface area contributed by atoms with E-state index in [9.17, 15) is 19.5 Å². The fourth-order valence-corrected chi connectivity index (χ4v) is 2.84. The van der Waals surface area contributed by atoms with Crippen molar-refractivity contribution in [3.05, 3.63) is 28.8 Å². The lowest BCUT2D eigenvalue weighted by molar-refractivity contribution is -0.144. The average molecular weight is 383 g/mol. The number of amides is 2. The molecule has 1 aromatic rings. The van der Waals surface area contributed by atoms with Crippen molar-refractivity contribution < 1.29 is 24.2 Å². The van der Waals surface area contributed by atoms with E-state index in [0.717, 1.165) is 0 Å². The molecule has 1 aromatic carbocycles. The van der Waals surface area contributed by atoms with Gasteiger partial charge in [-0.15, -0.1) is 0 Å². The van der Waals surface area contributed by atoms with E-state index in [-0.39, 0.29) is 41.5 Å². The number of benzene rings is 1. The van der Waals surface area contributed by atoms with E-state index in [2.05, 4.69) is 10.6 Å². The summed E-state index contributed by atoms with van der Waals surface area (Å²) in [6, 6.07) is 4.51. The zero-order valence-corrected chi connectivity index (χ0v) is 15.8. The van der Waals surface area contributed by atoms with Crippen LogP contribution in [-0.4, -0.2) is 41.6 Å². The van der Waals surface area contributed by atoms with Gasteiger partial charge in [-0.2, -0.15) is 0 Å². The Labute approximate surface area is 157 Å². The lowest BCUT2D eigenvalue weighted by Gasteiger charge is -2.24. The van der Waals surface area contributed by atoms with Crippen LogP contribution in [0.2, 0.25) is 5.02 Å². The summed E-state index contributed by atoms with van der Waals surface area (Å²) < 4.78 is 5.13. The van der Waals surface area contributed by atoms with Gasteiger partial charge >= 0.3 is 5.97 Å². The van der Waals surface area contributed by atoms with Crippen LogP contribution in [0.1, 0.15) is 44.0 Å². The number of halogens is 1. The molecule has 3 N–H and O–H groups in total. The molecule has 8 heteroatoms. The number of rotatable bonds is 5. The molecule has 1 aliphatic rings. The summed E-state index contributed by atoms with van der Waals surface area (Å²) in [5.41, 5.74) is -1.13. The van der Waals surface area contributed by atoms with Crippen LogP contribution in [0, 0.1) is 5.41 Å². The number of carboxylic acid groups (broad SMARTS) is 1. The van der Waals surface area contributed by atoms with E-state index >= 15 is 0 Å². The minimum absolute atomic E-state index is 0.0905. The van der Waals surface area contributed by atoms with Crippen molar-refractivity contribution in [3.63, 3.8) is 0 Å². The van der Waals surface area contributed by atoms with Gasteiger partial charge in [0.1, 0.15) is 0 Å². The first-order chi connectivity index (χ1) is 12.0. The van der Waals surface area contributed by atoms with Crippen molar-refractivity contribution in [1.82, 2.24) is 5.32 Å². The second-order valence-electron chi connectivity index (χ2n) is 7.62. The first-order valence-electron chi connectivity index (χ1n) is 8.25. The van der Waals surface area contributed by atoms with Gasteiger partial charge in [0.2, 0.25) is 5.91 Å². The van der Waals surface area contributed by atoms with Crippen LogP contribution >= 0.6 is 11.6 Å². The quantitative estimate of drug-likeness (QED) is 0.726. The summed E-state index contributed by atoms with van der Waals surface area (Å²) in [5, 5.41) is 14.8. The lowest BCUT2D eigenvalue weighted by Crippen LogP contribution is -2.55. The van der Waals surface area contributed by atoms with Crippen LogP contribution in [0.4, 0.5) is 5.69 Å². The van der Waals surface area contributed by atoms with E-state index in [1.54, 1.807) is 6.07 Å². The van der Waals surface area contributed by atoms with Gasteiger partial charge in [0.15, 0.2) is 5.54 Å². The van der Waals surface area contributed by atoms with E-state index < -0.39 is 17.4 Å². The summed E-state index contributed by atoms with van der Waals surface area (Å²) in [7, 11) is 0. The van der Waals surface area contributed by atoms with E-state index in [4.69, 9.17) is 16.3 Å². The molecule has 0 spiro atoms. The maximum absolute atomic E-state index is 12.6. The third-order valence-corrected chi connectivity index (χ3v) is 4.30. The third-order valence-electron chi connectivity index (χ3n) is 3.97. The highest BCUT2D eigenvalue weighted by Crippen LogP contribution is 2.25. The Morgan fingerprint density at radius 2 is 2.00 bits per heavy atom. The minimum atomic E-state index is -1.47. The Bertz CT molecular complexity index is 721. The molecule has 0 saturated carbocycles. The molecular formula is C18H23ClN2O5. The zero-order valence-electron chi connectivity index (χ0n) is 15.0. The van der Waals surface area contributed by atoms with Gasteiger partial charge in [0.25, 0.3) is 5.91 Å². The monoisotopic (exact) mass is 382 g/mol. The van der Waals surface area contributed by atoms with E-state index in [1.165, 1.54) is 12.1 Å². The van der Waals surface area contributed by atoms with Crippen LogP contribution < -0.4 is 10.6 Å². The molecule has 0 aliphatic carbocycles. The van der Waals surface area contributed by atoms with Gasteiger partial charge < -0.3 is 20.5 Å². The standard InChI is InChI=1S/C18H23ClN2O5/c1-17(2,3)9-14(22)20-11-4-5-13(19)12(8-11)15(23)21-18(16(24)25)6-7-26-10-18/h4-5,8H,6-7,9-10H2,1-3H3,(H,20,22)(H,21,23)(H,24,25). The average Bonchev–Trinajstić information content (AvgIpc) is 2.97. The largest absolute Gasteiger partial charge is 0.479 e.